The van der Waals surface area contributed by atoms with Crippen molar-refractivity contribution in [1.29, 1.82) is 0 Å². The van der Waals surface area contributed by atoms with Crippen LogP contribution in [0.4, 0.5) is 0 Å². The Kier molecular flexibility index (Phi) is 3.44. The number of rotatable bonds is 5. The molecule has 0 unspecified atom stereocenters. The van der Waals surface area contributed by atoms with E-state index in [1.54, 1.807) is 0 Å². The van der Waals surface area contributed by atoms with Crippen LogP contribution in [-0.4, -0.2) is 22.2 Å². The van der Waals surface area contributed by atoms with E-state index in [1.165, 1.54) is 0 Å². The molecule has 0 radical (unpaired) electrons. The Morgan fingerprint density at radius 2 is 2.06 bits per heavy atom. The maximum atomic E-state index is 11.4. The largest absolute Gasteiger partial charge is 0.396 e. The number of amides is 1. The van der Waals surface area contributed by atoms with Crippen molar-refractivity contribution < 1.29 is 9.90 Å². The molecule has 4 heteroatoms. The van der Waals surface area contributed by atoms with Crippen LogP contribution in [0.15, 0.2) is 30.3 Å². The SMILES string of the molecule is NC(=O)c1cc2ccccc2n1CCCCO. The lowest BCUT2D eigenvalue weighted by Crippen LogP contribution is -2.17. The third-order valence-corrected chi connectivity index (χ3v) is 2.85. The summed E-state index contributed by atoms with van der Waals surface area (Å²) in [4.78, 5) is 11.4. The van der Waals surface area contributed by atoms with Crippen molar-refractivity contribution in [3.05, 3.63) is 36.0 Å². The molecule has 17 heavy (non-hydrogen) atoms. The number of fused-ring (bicyclic) bond motifs is 1. The second kappa shape index (κ2) is 5.01. The van der Waals surface area contributed by atoms with E-state index in [-0.39, 0.29) is 6.61 Å². The molecule has 1 heterocycles. The van der Waals surface area contributed by atoms with Gasteiger partial charge in [-0.15, -0.1) is 0 Å². The minimum Gasteiger partial charge on any atom is -0.396 e. The molecule has 1 aromatic carbocycles. The highest BCUT2D eigenvalue weighted by Gasteiger charge is 2.11. The number of carbonyl (C=O) groups excluding carboxylic acids is 1. The van der Waals surface area contributed by atoms with Crippen LogP contribution in [0.25, 0.3) is 10.9 Å². The monoisotopic (exact) mass is 232 g/mol. The summed E-state index contributed by atoms with van der Waals surface area (Å²) in [5, 5.41) is 9.80. The number of aliphatic hydroxyl groups is 1. The maximum Gasteiger partial charge on any atom is 0.265 e. The quantitative estimate of drug-likeness (QED) is 0.767. The molecule has 0 aliphatic carbocycles. The number of primary amides is 1. The van der Waals surface area contributed by atoms with Crippen LogP contribution in [0, 0.1) is 0 Å². The van der Waals surface area contributed by atoms with Crippen molar-refractivity contribution in [2.75, 3.05) is 6.61 Å². The van der Waals surface area contributed by atoms with Crippen molar-refractivity contribution in [2.24, 2.45) is 5.73 Å². The predicted octanol–water partition coefficient (Wildman–Crippen LogP) is 1.51. The Bertz CT molecular complexity index is 531. The molecule has 0 fully saturated rings. The van der Waals surface area contributed by atoms with Gasteiger partial charge in [0.2, 0.25) is 0 Å². The van der Waals surface area contributed by atoms with Gasteiger partial charge in [-0.05, 0) is 25.0 Å². The number of carbonyl (C=O) groups is 1. The number of nitrogens with two attached hydrogens (primary N) is 1. The normalized spacial score (nSPS) is 10.9. The summed E-state index contributed by atoms with van der Waals surface area (Å²) >= 11 is 0. The summed E-state index contributed by atoms with van der Waals surface area (Å²) in [6.07, 6.45) is 1.56. The molecule has 2 rings (SSSR count). The molecule has 4 nitrogen and oxygen atoms in total. The van der Waals surface area contributed by atoms with Crippen molar-refractivity contribution in [3.8, 4) is 0 Å². The van der Waals surface area contributed by atoms with Crippen LogP contribution in [0.3, 0.4) is 0 Å². The smallest absolute Gasteiger partial charge is 0.265 e. The fourth-order valence-corrected chi connectivity index (χ4v) is 2.04. The summed E-state index contributed by atoms with van der Waals surface area (Å²) < 4.78 is 1.92. The summed E-state index contributed by atoms with van der Waals surface area (Å²) in [5.74, 6) is -0.412. The number of hydrogen-bond donors (Lipinski definition) is 2. The molecule has 2 aromatic rings. The molecule has 90 valence electrons. The van der Waals surface area contributed by atoms with Crippen LogP contribution >= 0.6 is 0 Å². The van der Waals surface area contributed by atoms with Crippen LogP contribution in [-0.2, 0) is 6.54 Å². The number of aliphatic hydroxyl groups excluding tert-OH is 1. The van der Waals surface area contributed by atoms with Gasteiger partial charge in [0.1, 0.15) is 5.69 Å². The lowest BCUT2D eigenvalue weighted by molar-refractivity contribution is 0.0991. The van der Waals surface area contributed by atoms with E-state index in [0.29, 0.717) is 12.2 Å². The zero-order valence-corrected chi connectivity index (χ0v) is 9.60. The minimum absolute atomic E-state index is 0.172. The van der Waals surface area contributed by atoms with Gasteiger partial charge in [0.05, 0.1) is 0 Å². The number of unbranched alkanes of at least 4 members (excludes halogenated alkanes) is 1. The second-order valence-corrected chi connectivity index (χ2v) is 4.03. The Labute approximate surface area is 99.7 Å². The van der Waals surface area contributed by atoms with Gasteiger partial charge in [0, 0.05) is 24.1 Å². The maximum absolute atomic E-state index is 11.4. The van der Waals surface area contributed by atoms with Gasteiger partial charge in [-0.1, -0.05) is 18.2 Å². The number of para-hydroxylation sites is 1. The van der Waals surface area contributed by atoms with Crippen molar-refractivity contribution in [2.45, 2.75) is 19.4 Å². The second-order valence-electron chi connectivity index (χ2n) is 4.03. The topological polar surface area (TPSA) is 68.2 Å². The first kappa shape index (κ1) is 11.7. The molecule has 1 amide bonds. The van der Waals surface area contributed by atoms with E-state index in [2.05, 4.69) is 0 Å². The Morgan fingerprint density at radius 3 is 2.76 bits per heavy atom. The third-order valence-electron chi connectivity index (χ3n) is 2.85. The average molecular weight is 232 g/mol. The van der Waals surface area contributed by atoms with Crippen LogP contribution in [0.2, 0.25) is 0 Å². The van der Waals surface area contributed by atoms with Gasteiger partial charge in [-0.2, -0.15) is 0 Å². The van der Waals surface area contributed by atoms with E-state index in [1.807, 2.05) is 34.9 Å². The summed E-state index contributed by atoms with van der Waals surface area (Å²) in [7, 11) is 0. The van der Waals surface area contributed by atoms with Crippen molar-refractivity contribution >= 4 is 16.8 Å². The van der Waals surface area contributed by atoms with Gasteiger partial charge in [0.25, 0.3) is 5.91 Å². The van der Waals surface area contributed by atoms with Crippen molar-refractivity contribution in [1.82, 2.24) is 4.57 Å². The van der Waals surface area contributed by atoms with E-state index in [9.17, 15) is 4.79 Å². The molecule has 0 spiro atoms. The minimum atomic E-state index is -0.412. The number of nitrogens with zero attached hydrogens (tertiary/aromatic N) is 1. The van der Waals surface area contributed by atoms with Crippen molar-refractivity contribution in [3.63, 3.8) is 0 Å². The molecule has 0 atom stereocenters. The number of aryl methyl sites for hydroxylation is 1. The molecular formula is C13H16N2O2. The molecule has 1 aromatic heterocycles. The Hall–Kier alpha value is -1.81. The van der Waals surface area contributed by atoms with Crippen LogP contribution < -0.4 is 5.73 Å². The Balaban J connectivity index is 2.41. The van der Waals surface area contributed by atoms with Gasteiger partial charge >= 0.3 is 0 Å². The summed E-state index contributed by atoms with van der Waals surface area (Å²) in [6, 6.07) is 9.63. The molecular weight excluding hydrogens is 216 g/mol. The molecule has 0 bridgehead atoms. The van der Waals surface area contributed by atoms with E-state index < -0.39 is 5.91 Å². The zero-order chi connectivity index (χ0) is 12.3. The first-order valence-corrected chi connectivity index (χ1v) is 5.73. The fraction of sp³-hybridized carbons (Fsp3) is 0.308. The highest BCUT2D eigenvalue weighted by molar-refractivity contribution is 5.97. The van der Waals surface area contributed by atoms with Gasteiger partial charge in [-0.3, -0.25) is 4.79 Å². The van der Waals surface area contributed by atoms with E-state index in [0.717, 1.165) is 23.7 Å². The van der Waals surface area contributed by atoms with E-state index >= 15 is 0 Å². The average Bonchev–Trinajstić information content (AvgIpc) is 2.69. The number of hydrogen-bond acceptors (Lipinski definition) is 2. The van der Waals surface area contributed by atoms with Gasteiger partial charge in [-0.25, -0.2) is 0 Å². The molecule has 0 saturated heterocycles. The zero-order valence-electron chi connectivity index (χ0n) is 9.60. The third kappa shape index (κ3) is 2.31. The number of benzene rings is 1. The predicted molar refractivity (Wildman–Crippen MR) is 66.8 cm³/mol. The Morgan fingerprint density at radius 1 is 1.29 bits per heavy atom. The van der Waals surface area contributed by atoms with E-state index in [4.69, 9.17) is 10.8 Å². The first-order valence-electron chi connectivity index (χ1n) is 5.73. The highest BCUT2D eigenvalue weighted by Crippen LogP contribution is 2.20. The molecule has 3 N–H and O–H groups in total. The summed E-state index contributed by atoms with van der Waals surface area (Å²) in [5.41, 5.74) is 6.92. The first-order chi connectivity index (χ1) is 8.24. The lowest BCUT2D eigenvalue weighted by atomic mass is 10.2. The van der Waals surface area contributed by atoms with Gasteiger partial charge in [0.15, 0.2) is 0 Å². The summed E-state index contributed by atoms with van der Waals surface area (Å²) in [6.45, 7) is 0.872. The van der Waals surface area contributed by atoms with Crippen LogP contribution in [0.1, 0.15) is 23.3 Å². The number of aromatic nitrogens is 1. The standard InChI is InChI=1S/C13H16N2O2/c14-13(17)12-9-10-5-1-2-6-11(10)15(12)7-3-4-8-16/h1-2,5-6,9,16H,3-4,7-8H2,(H2,14,17). The highest BCUT2D eigenvalue weighted by atomic mass is 16.2. The lowest BCUT2D eigenvalue weighted by Gasteiger charge is -2.07. The van der Waals surface area contributed by atoms with Crippen LogP contribution in [0.5, 0.6) is 0 Å². The molecule has 0 aliphatic rings. The molecule has 0 aliphatic heterocycles. The molecule has 0 saturated carbocycles. The fourth-order valence-electron chi connectivity index (χ4n) is 2.04. The van der Waals surface area contributed by atoms with Gasteiger partial charge < -0.3 is 15.4 Å².